The maximum atomic E-state index is 9.49. The Morgan fingerprint density at radius 1 is 1.50 bits per heavy atom. The van der Waals surface area contributed by atoms with Gasteiger partial charge in [-0.05, 0) is 0 Å². The Hall–Kier alpha value is 0.398. The molecule has 4 nitrogen and oxygen atoms in total. The summed E-state index contributed by atoms with van der Waals surface area (Å²) in [4.78, 5) is -0.575. The molecule has 0 aromatic carbocycles. The van der Waals surface area contributed by atoms with E-state index >= 15 is 0 Å². The third-order valence-corrected chi connectivity index (χ3v) is 5.18. The SMILES string of the molecule is CC(N)(CO)C(O)[AsH]CCCO. The molecule has 0 aliphatic rings. The number of aliphatic hydroxyl groups is 3. The number of nitrogens with two attached hydrogens (primary N) is 1. The first-order valence-electron chi connectivity index (χ1n) is 3.96. The van der Waals surface area contributed by atoms with Crippen LogP contribution in [0.2, 0.25) is 5.21 Å². The Morgan fingerprint density at radius 3 is 2.50 bits per heavy atom. The van der Waals surface area contributed by atoms with Crippen molar-refractivity contribution in [2.75, 3.05) is 13.2 Å². The van der Waals surface area contributed by atoms with Gasteiger partial charge in [0.1, 0.15) is 0 Å². The third kappa shape index (κ3) is 4.43. The van der Waals surface area contributed by atoms with Gasteiger partial charge in [-0.25, -0.2) is 0 Å². The van der Waals surface area contributed by atoms with E-state index in [0.717, 1.165) is 11.6 Å². The Balaban J connectivity index is 3.63. The molecule has 0 radical (unpaired) electrons. The Morgan fingerprint density at radius 2 is 2.08 bits per heavy atom. The van der Waals surface area contributed by atoms with E-state index < -0.39 is 26.2 Å². The van der Waals surface area contributed by atoms with E-state index in [4.69, 9.17) is 15.9 Å². The summed E-state index contributed by atoms with van der Waals surface area (Å²) in [7, 11) is 0. The van der Waals surface area contributed by atoms with Crippen LogP contribution in [0.25, 0.3) is 0 Å². The number of hydrogen-bond donors (Lipinski definition) is 4. The first kappa shape index (κ1) is 12.4. The van der Waals surface area contributed by atoms with Gasteiger partial charge in [0.25, 0.3) is 0 Å². The van der Waals surface area contributed by atoms with Crippen LogP contribution in [0.5, 0.6) is 0 Å². The van der Waals surface area contributed by atoms with Crippen molar-refractivity contribution in [2.45, 2.75) is 29.0 Å². The molecule has 74 valence electrons. The molecule has 0 spiro atoms. The fourth-order valence-corrected chi connectivity index (χ4v) is 3.14. The summed E-state index contributed by atoms with van der Waals surface area (Å²) in [5.74, 6) is 0. The molecular weight excluding hydrogens is 221 g/mol. The van der Waals surface area contributed by atoms with Crippen LogP contribution < -0.4 is 5.73 Å². The summed E-state index contributed by atoms with van der Waals surface area (Å²) >= 11 is -0.560. The van der Waals surface area contributed by atoms with E-state index in [1.165, 1.54) is 0 Å². The number of aliphatic hydroxyl groups excluding tert-OH is 3. The average molecular weight is 239 g/mol. The molecular formula is C7H18AsNO3. The molecule has 0 fully saturated rings. The molecule has 12 heavy (non-hydrogen) atoms. The van der Waals surface area contributed by atoms with E-state index in [1.807, 2.05) is 0 Å². The van der Waals surface area contributed by atoms with Crippen molar-refractivity contribution >= 4 is 15.8 Å². The van der Waals surface area contributed by atoms with Crippen LogP contribution in [0.3, 0.4) is 0 Å². The monoisotopic (exact) mass is 239 g/mol. The van der Waals surface area contributed by atoms with Crippen LogP contribution in [-0.2, 0) is 0 Å². The molecule has 5 N–H and O–H groups in total. The molecule has 5 heteroatoms. The minimum atomic E-state index is -0.866. The van der Waals surface area contributed by atoms with E-state index in [0.29, 0.717) is 0 Å². The predicted molar refractivity (Wildman–Crippen MR) is 49.3 cm³/mol. The van der Waals surface area contributed by atoms with Gasteiger partial charge >= 0.3 is 79.0 Å². The second-order valence-electron chi connectivity index (χ2n) is 3.10. The van der Waals surface area contributed by atoms with Gasteiger partial charge in [-0.2, -0.15) is 0 Å². The zero-order valence-corrected chi connectivity index (χ0v) is 9.42. The van der Waals surface area contributed by atoms with Crippen LogP contribution in [0.15, 0.2) is 0 Å². The normalized spacial score (nSPS) is 19.8. The van der Waals surface area contributed by atoms with Crippen molar-refractivity contribution in [3.8, 4) is 0 Å². The summed E-state index contributed by atoms with van der Waals surface area (Å²) in [6, 6.07) is 0. The summed E-state index contributed by atoms with van der Waals surface area (Å²) in [5, 5.41) is 27.6. The zero-order chi connectivity index (χ0) is 9.61. The quantitative estimate of drug-likeness (QED) is 0.327. The van der Waals surface area contributed by atoms with E-state index in [-0.39, 0.29) is 13.2 Å². The molecule has 0 rings (SSSR count). The van der Waals surface area contributed by atoms with Gasteiger partial charge in [0, 0.05) is 0 Å². The summed E-state index contributed by atoms with van der Waals surface area (Å²) < 4.78 is 0. The van der Waals surface area contributed by atoms with Crippen LogP contribution in [0.1, 0.15) is 13.3 Å². The molecule has 0 aromatic heterocycles. The second kappa shape index (κ2) is 5.94. The molecule has 0 aliphatic heterocycles. The van der Waals surface area contributed by atoms with E-state index in [2.05, 4.69) is 0 Å². The molecule has 0 amide bonds. The number of hydrogen-bond acceptors (Lipinski definition) is 4. The van der Waals surface area contributed by atoms with Crippen LogP contribution in [0.4, 0.5) is 0 Å². The zero-order valence-electron chi connectivity index (χ0n) is 7.32. The van der Waals surface area contributed by atoms with Gasteiger partial charge in [0.2, 0.25) is 0 Å². The molecule has 3 unspecified atom stereocenters. The van der Waals surface area contributed by atoms with Crippen molar-refractivity contribution in [1.29, 1.82) is 0 Å². The molecule has 0 aromatic rings. The van der Waals surface area contributed by atoms with Gasteiger partial charge < -0.3 is 0 Å². The summed E-state index contributed by atoms with van der Waals surface area (Å²) in [5.41, 5.74) is 4.74. The Bertz CT molecular complexity index is 121. The number of rotatable bonds is 6. The predicted octanol–water partition coefficient (Wildman–Crippen LogP) is -1.75. The first-order chi connectivity index (χ1) is 5.54. The van der Waals surface area contributed by atoms with Gasteiger partial charge in [0.05, 0.1) is 0 Å². The van der Waals surface area contributed by atoms with E-state index in [9.17, 15) is 5.11 Å². The van der Waals surface area contributed by atoms with Gasteiger partial charge in [-0.1, -0.05) is 0 Å². The van der Waals surface area contributed by atoms with Crippen LogP contribution in [-0.4, -0.2) is 54.7 Å². The van der Waals surface area contributed by atoms with Crippen molar-refractivity contribution in [2.24, 2.45) is 5.73 Å². The Kier molecular flexibility index (Phi) is 6.14. The molecule has 0 aliphatic carbocycles. The molecule has 0 heterocycles. The second-order valence-corrected chi connectivity index (χ2v) is 6.15. The van der Waals surface area contributed by atoms with Crippen LogP contribution >= 0.6 is 0 Å². The standard InChI is InChI=1S/C7H18AsNO3/c1-7(9,5-11)6(12)8-3-2-4-10/h6,8,10-12H,2-5,9H2,1H3. The molecule has 0 saturated carbocycles. The molecule has 0 bridgehead atoms. The average Bonchev–Trinajstić information content (AvgIpc) is 2.05. The van der Waals surface area contributed by atoms with Gasteiger partial charge in [-0.3, -0.25) is 0 Å². The topological polar surface area (TPSA) is 86.7 Å². The third-order valence-electron chi connectivity index (χ3n) is 1.64. The Labute approximate surface area is 79.5 Å². The minimum absolute atomic E-state index is 0.163. The van der Waals surface area contributed by atoms with Crippen molar-refractivity contribution in [1.82, 2.24) is 0 Å². The maximum absolute atomic E-state index is 9.49. The summed E-state index contributed by atoms with van der Waals surface area (Å²) in [6.45, 7) is 1.60. The van der Waals surface area contributed by atoms with Crippen LogP contribution in [0, 0.1) is 0 Å². The first-order valence-corrected chi connectivity index (χ1v) is 6.66. The fraction of sp³-hybridized carbons (Fsp3) is 1.00. The van der Waals surface area contributed by atoms with Gasteiger partial charge in [0.15, 0.2) is 0 Å². The van der Waals surface area contributed by atoms with Gasteiger partial charge in [-0.15, -0.1) is 0 Å². The van der Waals surface area contributed by atoms with Crippen molar-refractivity contribution < 1.29 is 15.3 Å². The molecule has 3 atom stereocenters. The van der Waals surface area contributed by atoms with E-state index in [1.54, 1.807) is 6.92 Å². The van der Waals surface area contributed by atoms with Crippen molar-refractivity contribution in [3.05, 3.63) is 0 Å². The molecule has 0 saturated heterocycles. The summed E-state index contributed by atoms with van der Waals surface area (Å²) in [6.07, 6.45) is 0.721. The fourth-order valence-electron chi connectivity index (χ4n) is 0.637. The van der Waals surface area contributed by atoms with Crippen molar-refractivity contribution in [3.63, 3.8) is 0 Å².